The number of amides is 1. The topological polar surface area (TPSA) is 94.6 Å². The van der Waals surface area contributed by atoms with Crippen molar-refractivity contribution in [3.8, 4) is 22.8 Å². The van der Waals surface area contributed by atoms with Crippen molar-refractivity contribution in [3.63, 3.8) is 0 Å². The van der Waals surface area contributed by atoms with E-state index in [1.807, 2.05) is 17.5 Å². The number of aromatic nitrogens is 1. The van der Waals surface area contributed by atoms with Gasteiger partial charge in [0.15, 0.2) is 15.0 Å². The third-order valence-electron chi connectivity index (χ3n) is 4.35. The first-order valence-corrected chi connectivity index (χ1v) is 11.7. The van der Waals surface area contributed by atoms with Crippen LogP contribution in [-0.4, -0.2) is 39.3 Å². The van der Waals surface area contributed by atoms with Crippen LogP contribution in [0.4, 0.5) is 5.13 Å². The number of anilines is 1. The first kappa shape index (κ1) is 21.8. The second-order valence-corrected chi connectivity index (χ2v) is 9.36. The smallest absolute Gasteiger partial charge is 0.226 e. The fraction of sp³-hybridized carbons (Fsp3) is 0.238. The standard InChI is InChI=1S/C21H22N2O5S2/c1-27-15-10-11-17(19(13-15)28-2)18-14-29-21(22-18)23-20(24)9-6-12-30(25,26)16-7-4-3-5-8-16/h3-5,7-8,10-11,13-14H,6,9,12H2,1-2H3,(H,22,23,24). The van der Waals surface area contributed by atoms with Gasteiger partial charge in [-0.1, -0.05) is 18.2 Å². The molecule has 1 aromatic heterocycles. The molecule has 0 aliphatic carbocycles. The zero-order valence-corrected chi connectivity index (χ0v) is 18.3. The number of hydrogen-bond donors (Lipinski definition) is 1. The Kier molecular flexibility index (Phi) is 7.07. The Balaban J connectivity index is 1.58. The predicted molar refractivity (Wildman–Crippen MR) is 117 cm³/mol. The van der Waals surface area contributed by atoms with Gasteiger partial charge in [-0.05, 0) is 30.7 Å². The molecule has 9 heteroatoms. The van der Waals surface area contributed by atoms with Crippen LogP contribution >= 0.6 is 11.3 Å². The summed E-state index contributed by atoms with van der Waals surface area (Å²) in [5.41, 5.74) is 1.45. The van der Waals surface area contributed by atoms with Crippen molar-refractivity contribution in [2.24, 2.45) is 0 Å². The lowest BCUT2D eigenvalue weighted by molar-refractivity contribution is -0.116. The van der Waals surface area contributed by atoms with Gasteiger partial charge < -0.3 is 14.8 Å². The largest absolute Gasteiger partial charge is 0.497 e. The fourth-order valence-corrected chi connectivity index (χ4v) is 4.87. The maximum atomic E-state index is 12.3. The van der Waals surface area contributed by atoms with Gasteiger partial charge >= 0.3 is 0 Å². The highest BCUT2D eigenvalue weighted by atomic mass is 32.2. The summed E-state index contributed by atoms with van der Waals surface area (Å²) in [6.45, 7) is 0. The Morgan fingerprint density at radius 3 is 2.57 bits per heavy atom. The summed E-state index contributed by atoms with van der Waals surface area (Å²) >= 11 is 1.29. The van der Waals surface area contributed by atoms with Gasteiger partial charge in [0.1, 0.15) is 11.5 Å². The lowest BCUT2D eigenvalue weighted by Gasteiger charge is -2.08. The molecular formula is C21H22N2O5S2. The highest BCUT2D eigenvalue weighted by Crippen LogP contribution is 2.34. The van der Waals surface area contributed by atoms with E-state index in [-0.39, 0.29) is 29.4 Å². The first-order chi connectivity index (χ1) is 14.4. The quantitative estimate of drug-likeness (QED) is 0.533. The van der Waals surface area contributed by atoms with E-state index in [1.165, 1.54) is 11.3 Å². The van der Waals surface area contributed by atoms with E-state index in [9.17, 15) is 13.2 Å². The van der Waals surface area contributed by atoms with E-state index in [0.29, 0.717) is 22.3 Å². The molecule has 0 spiro atoms. The molecule has 0 atom stereocenters. The molecule has 0 saturated carbocycles. The van der Waals surface area contributed by atoms with Crippen molar-refractivity contribution >= 4 is 32.2 Å². The summed E-state index contributed by atoms with van der Waals surface area (Å²) in [4.78, 5) is 16.9. The number of rotatable bonds is 9. The molecule has 0 radical (unpaired) electrons. The summed E-state index contributed by atoms with van der Waals surface area (Å²) in [5.74, 6) is 0.922. The van der Waals surface area contributed by atoms with Gasteiger partial charge in [-0.3, -0.25) is 4.79 Å². The Hall–Kier alpha value is -2.91. The SMILES string of the molecule is COc1ccc(-c2csc(NC(=O)CCCS(=O)(=O)c3ccccc3)n2)c(OC)c1. The molecule has 3 rings (SSSR count). The predicted octanol–water partition coefficient (Wildman–Crippen LogP) is 4.02. The molecule has 0 fully saturated rings. The Bertz CT molecular complexity index is 1110. The lowest BCUT2D eigenvalue weighted by atomic mass is 10.1. The van der Waals surface area contributed by atoms with Crippen LogP contribution < -0.4 is 14.8 Å². The second kappa shape index (κ2) is 9.73. The molecule has 1 N–H and O–H groups in total. The van der Waals surface area contributed by atoms with E-state index < -0.39 is 9.84 Å². The van der Waals surface area contributed by atoms with Gasteiger partial charge in [-0.15, -0.1) is 11.3 Å². The molecule has 2 aromatic carbocycles. The summed E-state index contributed by atoms with van der Waals surface area (Å²) in [5, 5.41) is 4.99. The summed E-state index contributed by atoms with van der Waals surface area (Å²) in [7, 11) is -0.246. The molecule has 0 aliphatic rings. The van der Waals surface area contributed by atoms with Crippen LogP contribution in [0, 0.1) is 0 Å². The molecule has 0 bridgehead atoms. The van der Waals surface area contributed by atoms with Gasteiger partial charge in [0.05, 0.1) is 30.6 Å². The molecule has 0 saturated heterocycles. The molecule has 7 nitrogen and oxygen atoms in total. The van der Waals surface area contributed by atoms with Gasteiger partial charge in [-0.2, -0.15) is 0 Å². The Labute approximate surface area is 179 Å². The molecule has 3 aromatic rings. The average molecular weight is 447 g/mol. The number of sulfone groups is 1. The van der Waals surface area contributed by atoms with Crippen LogP contribution in [0.1, 0.15) is 12.8 Å². The highest BCUT2D eigenvalue weighted by molar-refractivity contribution is 7.91. The van der Waals surface area contributed by atoms with Crippen molar-refractivity contribution in [1.82, 2.24) is 4.98 Å². The lowest BCUT2D eigenvalue weighted by Crippen LogP contribution is -2.14. The third-order valence-corrected chi connectivity index (χ3v) is 6.93. The average Bonchev–Trinajstić information content (AvgIpc) is 3.21. The number of benzene rings is 2. The maximum absolute atomic E-state index is 12.3. The van der Waals surface area contributed by atoms with Gasteiger partial charge in [-0.25, -0.2) is 13.4 Å². The monoisotopic (exact) mass is 446 g/mol. The number of carbonyl (C=O) groups excluding carboxylic acids is 1. The van der Waals surface area contributed by atoms with Gasteiger partial charge in [0.25, 0.3) is 0 Å². The number of ether oxygens (including phenoxy) is 2. The van der Waals surface area contributed by atoms with Crippen molar-refractivity contribution in [2.75, 3.05) is 25.3 Å². The molecule has 158 valence electrons. The minimum absolute atomic E-state index is 0.0867. The Morgan fingerprint density at radius 2 is 1.87 bits per heavy atom. The number of nitrogens with one attached hydrogen (secondary N) is 1. The van der Waals surface area contributed by atoms with Gasteiger partial charge in [0.2, 0.25) is 5.91 Å². The van der Waals surface area contributed by atoms with Crippen molar-refractivity contribution < 1.29 is 22.7 Å². The van der Waals surface area contributed by atoms with Crippen LogP contribution in [0.25, 0.3) is 11.3 Å². The highest BCUT2D eigenvalue weighted by Gasteiger charge is 2.16. The van der Waals surface area contributed by atoms with E-state index in [1.54, 1.807) is 50.6 Å². The molecule has 0 unspecified atom stereocenters. The molecular weight excluding hydrogens is 424 g/mol. The van der Waals surface area contributed by atoms with Crippen molar-refractivity contribution in [2.45, 2.75) is 17.7 Å². The van der Waals surface area contributed by atoms with Crippen LogP contribution in [0.15, 0.2) is 58.8 Å². The van der Waals surface area contributed by atoms with Crippen LogP contribution in [0.2, 0.25) is 0 Å². The minimum atomic E-state index is -3.39. The van der Waals surface area contributed by atoms with Crippen LogP contribution in [0.5, 0.6) is 11.5 Å². The molecule has 30 heavy (non-hydrogen) atoms. The maximum Gasteiger partial charge on any atom is 0.226 e. The fourth-order valence-electron chi connectivity index (χ4n) is 2.82. The second-order valence-electron chi connectivity index (χ2n) is 6.39. The normalized spacial score (nSPS) is 11.1. The number of methoxy groups -OCH3 is 2. The third kappa shape index (κ3) is 5.37. The minimum Gasteiger partial charge on any atom is -0.497 e. The zero-order chi connectivity index (χ0) is 21.6. The van der Waals surface area contributed by atoms with Crippen molar-refractivity contribution in [3.05, 3.63) is 53.9 Å². The number of carbonyl (C=O) groups is 1. The summed E-state index contributed by atoms with van der Waals surface area (Å²) < 4.78 is 35.1. The Morgan fingerprint density at radius 1 is 1.10 bits per heavy atom. The van der Waals surface area contributed by atoms with E-state index in [4.69, 9.17) is 9.47 Å². The number of nitrogens with zero attached hydrogens (tertiary/aromatic N) is 1. The van der Waals surface area contributed by atoms with Crippen molar-refractivity contribution in [1.29, 1.82) is 0 Å². The molecule has 1 amide bonds. The van der Waals surface area contributed by atoms with Crippen LogP contribution in [0.3, 0.4) is 0 Å². The first-order valence-electron chi connectivity index (χ1n) is 9.18. The van der Waals surface area contributed by atoms with Crippen LogP contribution in [-0.2, 0) is 14.6 Å². The van der Waals surface area contributed by atoms with E-state index in [2.05, 4.69) is 10.3 Å². The zero-order valence-electron chi connectivity index (χ0n) is 16.6. The summed E-state index contributed by atoms with van der Waals surface area (Å²) in [6, 6.07) is 13.6. The number of thiazole rings is 1. The summed E-state index contributed by atoms with van der Waals surface area (Å²) in [6.07, 6.45) is 0.320. The molecule has 1 heterocycles. The van der Waals surface area contributed by atoms with Gasteiger partial charge in [0, 0.05) is 23.4 Å². The van der Waals surface area contributed by atoms with E-state index >= 15 is 0 Å². The molecule has 0 aliphatic heterocycles. The number of hydrogen-bond acceptors (Lipinski definition) is 7. The van der Waals surface area contributed by atoms with E-state index in [0.717, 1.165) is 5.56 Å².